The quantitative estimate of drug-likeness (QED) is 0.849. The van der Waals surface area contributed by atoms with Gasteiger partial charge in [0.25, 0.3) is 0 Å². The number of benzene rings is 1. The molecule has 1 aromatic carbocycles. The Morgan fingerprint density at radius 1 is 1.55 bits per heavy atom. The molecule has 2 bridgehead atoms. The topological polar surface area (TPSA) is 62.1 Å². The van der Waals surface area contributed by atoms with E-state index in [1.54, 1.807) is 4.90 Å². The molecular formula is C14H14N2O3S. The van der Waals surface area contributed by atoms with Gasteiger partial charge in [0.05, 0.1) is 24.3 Å². The maximum atomic E-state index is 12.2. The van der Waals surface area contributed by atoms with Crippen molar-refractivity contribution in [3.05, 3.63) is 29.8 Å². The van der Waals surface area contributed by atoms with E-state index in [2.05, 4.69) is 4.99 Å². The molecule has 3 heterocycles. The number of rotatable bonds is 1. The molecule has 1 fully saturated rings. The standard InChI is InChI=1S/C14H14N2O3S/c1-14-9(6-17)12(8-4-2-3-5-10(8)19-14)16-11(18)7-20-13(16)15-14/h2-5,9,12,17H,6-7H2,1H3/t9-,12-,14-/m1/s1. The van der Waals surface area contributed by atoms with E-state index in [1.807, 2.05) is 31.2 Å². The summed E-state index contributed by atoms with van der Waals surface area (Å²) in [7, 11) is 0. The largest absolute Gasteiger partial charge is 0.466 e. The van der Waals surface area contributed by atoms with Crippen LogP contribution in [0.15, 0.2) is 29.3 Å². The summed E-state index contributed by atoms with van der Waals surface area (Å²) in [6.45, 7) is 1.81. The highest BCUT2D eigenvalue weighted by Gasteiger charge is 2.56. The molecule has 1 saturated heterocycles. The predicted molar refractivity (Wildman–Crippen MR) is 75.5 cm³/mol. The Kier molecular flexibility index (Phi) is 2.44. The van der Waals surface area contributed by atoms with Crippen molar-refractivity contribution in [1.29, 1.82) is 0 Å². The van der Waals surface area contributed by atoms with Crippen molar-refractivity contribution in [3.8, 4) is 5.75 Å². The second-order valence-corrected chi connectivity index (χ2v) is 6.32. The molecule has 0 radical (unpaired) electrons. The van der Waals surface area contributed by atoms with Crippen LogP contribution in [0.2, 0.25) is 0 Å². The zero-order valence-electron chi connectivity index (χ0n) is 10.9. The predicted octanol–water partition coefficient (Wildman–Crippen LogP) is 1.39. The van der Waals surface area contributed by atoms with Crippen LogP contribution in [0, 0.1) is 5.92 Å². The third-order valence-corrected chi connectivity index (χ3v) is 5.15. The summed E-state index contributed by atoms with van der Waals surface area (Å²) in [4.78, 5) is 18.5. The van der Waals surface area contributed by atoms with E-state index in [0.717, 1.165) is 11.3 Å². The number of aliphatic imine (C=N–C) groups is 1. The fourth-order valence-electron chi connectivity index (χ4n) is 3.24. The van der Waals surface area contributed by atoms with Crippen LogP contribution in [-0.4, -0.2) is 39.2 Å². The Labute approximate surface area is 120 Å². The number of para-hydroxylation sites is 1. The molecule has 104 valence electrons. The van der Waals surface area contributed by atoms with Crippen molar-refractivity contribution < 1.29 is 14.6 Å². The Morgan fingerprint density at radius 2 is 2.35 bits per heavy atom. The Bertz CT molecular complexity index is 633. The van der Waals surface area contributed by atoms with Crippen LogP contribution >= 0.6 is 11.8 Å². The summed E-state index contributed by atoms with van der Waals surface area (Å²) >= 11 is 1.44. The highest BCUT2D eigenvalue weighted by Crippen LogP contribution is 2.52. The molecule has 0 aliphatic carbocycles. The highest BCUT2D eigenvalue weighted by molar-refractivity contribution is 8.15. The van der Waals surface area contributed by atoms with E-state index in [-0.39, 0.29) is 24.5 Å². The van der Waals surface area contributed by atoms with Crippen LogP contribution in [0.1, 0.15) is 18.5 Å². The minimum atomic E-state index is -0.808. The number of amidine groups is 1. The van der Waals surface area contributed by atoms with Crippen LogP contribution in [0.4, 0.5) is 0 Å². The molecule has 4 rings (SSSR count). The van der Waals surface area contributed by atoms with Crippen molar-refractivity contribution in [2.75, 3.05) is 12.4 Å². The molecule has 3 atom stereocenters. The highest BCUT2D eigenvalue weighted by atomic mass is 32.2. The molecule has 3 aliphatic heterocycles. The van der Waals surface area contributed by atoms with Crippen molar-refractivity contribution in [3.63, 3.8) is 0 Å². The lowest BCUT2D eigenvalue weighted by Crippen LogP contribution is -2.57. The number of ether oxygens (including phenoxy) is 1. The molecule has 1 N–H and O–H groups in total. The SMILES string of the molecule is C[C@@]12N=C3SCC(=O)N3[C@H](c3ccccc3O1)[C@H]2CO. The molecule has 0 unspecified atom stereocenters. The maximum absolute atomic E-state index is 12.2. The van der Waals surface area contributed by atoms with Crippen LogP contribution in [0.25, 0.3) is 0 Å². The lowest BCUT2D eigenvalue weighted by molar-refractivity contribution is -0.132. The average Bonchev–Trinajstić information content (AvgIpc) is 2.77. The van der Waals surface area contributed by atoms with E-state index in [0.29, 0.717) is 10.9 Å². The van der Waals surface area contributed by atoms with Gasteiger partial charge in [-0.3, -0.25) is 9.69 Å². The second kappa shape index (κ2) is 3.99. The average molecular weight is 290 g/mol. The van der Waals surface area contributed by atoms with Crippen LogP contribution in [0.3, 0.4) is 0 Å². The first-order valence-electron chi connectivity index (χ1n) is 6.57. The summed E-state index contributed by atoms with van der Waals surface area (Å²) in [5.41, 5.74) is 0.143. The molecular weight excluding hydrogens is 276 g/mol. The first kappa shape index (κ1) is 12.2. The van der Waals surface area contributed by atoms with Gasteiger partial charge in [-0.25, -0.2) is 4.99 Å². The molecule has 1 amide bonds. The summed E-state index contributed by atoms with van der Waals surface area (Å²) in [6, 6.07) is 7.50. The zero-order valence-corrected chi connectivity index (χ0v) is 11.8. The minimum Gasteiger partial charge on any atom is -0.466 e. The van der Waals surface area contributed by atoms with Gasteiger partial charge >= 0.3 is 0 Å². The van der Waals surface area contributed by atoms with Gasteiger partial charge in [0.15, 0.2) is 5.17 Å². The Hall–Kier alpha value is -1.53. The van der Waals surface area contributed by atoms with Gasteiger partial charge in [-0.15, -0.1) is 0 Å². The van der Waals surface area contributed by atoms with Crippen molar-refractivity contribution in [2.45, 2.75) is 18.7 Å². The monoisotopic (exact) mass is 290 g/mol. The van der Waals surface area contributed by atoms with Gasteiger partial charge in [0.2, 0.25) is 11.6 Å². The number of carbonyl (C=O) groups is 1. The number of hydrogen-bond donors (Lipinski definition) is 1. The number of nitrogens with zero attached hydrogens (tertiary/aromatic N) is 2. The molecule has 0 saturated carbocycles. The van der Waals surface area contributed by atoms with Gasteiger partial charge in [-0.2, -0.15) is 0 Å². The molecule has 5 nitrogen and oxygen atoms in total. The maximum Gasteiger partial charge on any atom is 0.239 e. The van der Waals surface area contributed by atoms with E-state index in [1.165, 1.54) is 11.8 Å². The van der Waals surface area contributed by atoms with Gasteiger partial charge in [0.1, 0.15) is 5.75 Å². The normalized spacial score (nSPS) is 34.2. The zero-order chi connectivity index (χ0) is 13.9. The first-order chi connectivity index (χ1) is 9.64. The van der Waals surface area contributed by atoms with Gasteiger partial charge in [-0.05, 0) is 13.0 Å². The number of carbonyl (C=O) groups excluding carboxylic acids is 1. The van der Waals surface area contributed by atoms with Crippen LogP contribution < -0.4 is 4.74 Å². The molecule has 3 aliphatic rings. The van der Waals surface area contributed by atoms with Crippen LogP contribution in [-0.2, 0) is 4.79 Å². The lowest BCUT2D eigenvalue weighted by Gasteiger charge is -2.49. The number of amides is 1. The summed E-state index contributed by atoms with van der Waals surface area (Å²) < 4.78 is 6.04. The number of thioether (sulfide) groups is 1. The van der Waals surface area contributed by atoms with Crippen LogP contribution in [0.5, 0.6) is 5.75 Å². The fraction of sp³-hybridized carbons (Fsp3) is 0.429. The minimum absolute atomic E-state index is 0.0518. The summed E-state index contributed by atoms with van der Waals surface area (Å²) in [6.07, 6.45) is 0. The van der Waals surface area contributed by atoms with Crippen molar-refractivity contribution in [2.24, 2.45) is 10.9 Å². The summed E-state index contributed by atoms with van der Waals surface area (Å²) in [5, 5.41) is 10.5. The molecule has 0 aromatic heterocycles. The van der Waals surface area contributed by atoms with E-state index < -0.39 is 5.72 Å². The smallest absolute Gasteiger partial charge is 0.239 e. The number of fused-ring (bicyclic) bond motifs is 6. The number of aliphatic hydroxyl groups is 1. The van der Waals surface area contributed by atoms with E-state index >= 15 is 0 Å². The third kappa shape index (κ3) is 1.43. The fourth-order valence-corrected chi connectivity index (χ4v) is 4.23. The Balaban J connectivity index is 1.96. The van der Waals surface area contributed by atoms with Crippen molar-refractivity contribution in [1.82, 2.24) is 4.90 Å². The number of hydrogen-bond acceptors (Lipinski definition) is 5. The lowest BCUT2D eigenvalue weighted by atomic mass is 9.81. The Morgan fingerprint density at radius 3 is 3.15 bits per heavy atom. The van der Waals surface area contributed by atoms with E-state index in [4.69, 9.17) is 4.74 Å². The molecule has 6 heteroatoms. The molecule has 20 heavy (non-hydrogen) atoms. The molecule has 0 spiro atoms. The van der Waals surface area contributed by atoms with Gasteiger partial charge in [0, 0.05) is 5.56 Å². The second-order valence-electron chi connectivity index (χ2n) is 5.38. The van der Waals surface area contributed by atoms with Gasteiger partial charge in [-0.1, -0.05) is 30.0 Å². The van der Waals surface area contributed by atoms with E-state index in [9.17, 15) is 9.90 Å². The summed E-state index contributed by atoms with van der Waals surface area (Å²) in [5.74, 6) is 0.961. The van der Waals surface area contributed by atoms with Gasteiger partial charge < -0.3 is 9.84 Å². The van der Waals surface area contributed by atoms with Crippen molar-refractivity contribution >= 4 is 22.8 Å². The third-order valence-electron chi connectivity index (χ3n) is 4.22. The number of aliphatic hydroxyl groups excluding tert-OH is 1. The first-order valence-corrected chi connectivity index (χ1v) is 7.56. The molecule has 1 aromatic rings.